The minimum atomic E-state index is -0.826. The Labute approximate surface area is 208 Å². The quantitative estimate of drug-likeness (QED) is 0.203. The predicted molar refractivity (Wildman–Crippen MR) is 137 cm³/mol. The van der Waals surface area contributed by atoms with Crippen LogP contribution in [0.1, 0.15) is 11.1 Å². The molecule has 5 aromatic rings. The van der Waals surface area contributed by atoms with Crippen molar-refractivity contribution in [3.63, 3.8) is 0 Å². The van der Waals surface area contributed by atoms with Crippen LogP contribution in [0.5, 0.6) is 0 Å². The van der Waals surface area contributed by atoms with Crippen LogP contribution in [0.3, 0.4) is 0 Å². The summed E-state index contributed by atoms with van der Waals surface area (Å²) in [7, 11) is 9.87. The van der Waals surface area contributed by atoms with Gasteiger partial charge in [0, 0.05) is 0 Å². The zero-order valence-corrected chi connectivity index (χ0v) is 22.0. The summed E-state index contributed by atoms with van der Waals surface area (Å²) in [5.74, 6) is 0. The number of halogens is 2. The van der Waals surface area contributed by atoms with Gasteiger partial charge in [0.25, 0.3) is 0 Å². The van der Waals surface area contributed by atoms with Crippen LogP contribution in [-0.4, -0.2) is 0 Å². The Morgan fingerprint density at radius 2 is 1.19 bits per heavy atom. The summed E-state index contributed by atoms with van der Waals surface area (Å²) in [6.45, 7) is 4.36. The summed E-state index contributed by atoms with van der Waals surface area (Å²) >= 11 is -0.826. The molecule has 0 nitrogen and oxygen atoms in total. The molecule has 3 heteroatoms. The number of rotatable bonds is 3. The van der Waals surface area contributed by atoms with Gasteiger partial charge < -0.3 is 0 Å². The fourth-order valence-electron chi connectivity index (χ4n) is 4.37. The van der Waals surface area contributed by atoms with Crippen molar-refractivity contribution in [2.24, 2.45) is 0 Å². The molecule has 158 valence electrons. The first-order valence-electron chi connectivity index (χ1n) is 10.5. The first-order chi connectivity index (χ1) is 15.6. The van der Waals surface area contributed by atoms with Gasteiger partial charge in [0.05, 0.1) is 0 Å². The van der Waals surface area contributed by atoms with Crippen LogP contribution in [0.15, 0.2) is 103 Å². The van der Waals surface area contributed by atoms with E-state index in [0.717, 1.165) is 0 Å². The molecule has 0 saturated heterocycles. The molecule has 0 atom stereocenters. The molecule has 0 spiro atoms. The standard InChI is InChI=1S/C29H23.2ClH.Zr/c1-20-15-21(2)17-26(16-20)29-27(23-11-7-4-8-12-23)14-13-24-18-25(19-28(24)29)22-9-5-3-6-10-22;;;/h3-19H,1-2H3;2*1H;/q-1;;;+2/p-2. The summed E-state index contributed by atoms with van der Waals surface area (Å²) in [5, 5.41) is 2.60. The van der Waals surface area contributed by atoms with Crippen molar-refractivity contribution in [3.8, 4) is 33.4 Å². The number of hydrogen-bond donors (Lipinski definition) is 0. The second-order valence-corrected chi connectivity index (χ2v) is 11.6. The SMILES string of the molecule is Cc1cc(C)cc(-c2c(-c3ccccc3)ccc3[cH-]c(-c4ccccc4)cc23)c1.[Cl][Zr][Cl]. The molecule has 5 aromatic carbocycles. The average Bonchev–Trinajstić information content (AvgIpc) is 3.24. The van der Waals surface area contributed by atoms with Gasteiger partial charge in [-0.3, -0.25) is 0 Å². The van der Waals surface area contributed by atoms with Crippen molar-refractivity contribution in [1.82, 2.24) is 0 Å². The summed E-state index contributed by atoms with van der Waals surface area (Å²) in [6, 6.07) is 37.4. The Hall–Kier alpha value is -2.05. The summed E-state index contributed by atoms with van der Waals surface area (Å²) in [6.07, 6.45) is 0. The van der Waals surface area contributed by atoms with E-state index in [1.807, 2.05) is 0 Å². The topological polar surface area (TPSA) is 0 Å². The van der Waals surface area contributed by atoms with Crippen molar-refractivity contribution in [2.45, 2.75) is 13.8 Å². The van der Waals surface area contributed by atoms with Crippen molar-refractivity contribution in [1.29, 1.82) is 0 Å². The van der Waals surface area contributed by atoms with Gasteiger partial charge in [0.15, 0.2) is 0 Å². The molecule has 32 heavy (non-hydrogen) atoms. The van der Waals surface area contributed by atoms with E-state index in [1.165, 1.54) is 55.3 Å². The van der Waals surface area contributed by atoms with Gasteiger partial charge in [0.2, 0.25) is 0 Å². The van der Waals surface area contributed by atoms with Gasteiger partial charge >= 0.3 is 37.9 Å². The van der Waals surface area contributed by atoms with E-state index in [1.54, 1.807) is 0 Å². The monoisotopic (exact) mass is 531 g/mol. The van der Waals surface area contributed by atoms with Crippen LogP contribution < -0.4 is 0 Å². The molecular formula is C29H23Cl2Zr-. The van der Waals surface area contributed by atoms with E-state index in [9.17, 15) is 0 Å². The molecule has 0 bridgehead atoms. The third kappa shape index (κ3) is 5.12. The van der Waals surface area contributed by atoms with Crippen molar-refractivity contribution in [2.75, 3.05) is 0 Å². The van der Waals surface area contributed by atoms with Crippen LogP contribution in [0.2, 0.25) is 0 Å². The number of hydrogen-bond acceptors (Lipinski definition) is 0. The first-order valence-corrected chi connectivity index (χ1v) is 16.8. The molecule has 0 aromatic heterocycles. The Kier molecular flexibility index (Phi) is 7.74. The number of benzene rings is 4. The second kappa shape index (κ2) is 10.7. The summed E-state index contributed by atoms with van der Waals surface area (Å²) in [5.41, 5.74) is 10.3. The van der Waals surface area contributed by atoms with Gasteiger partial charge in [-0.15, -0.1) is 34.5 Å². The number of aryl methyl sites for hydroxylation is 2. The molecule has 0 aliphatic carbocycles. The van der Waals surface area contributed by atoms with E-state index in [-0.39, 0.29) is 0 Å². The number of fused-ring (bicyclic) bond motifs is 1. The van der Waals surface area contributed by atoms with E-state index in [2.05, 4.69) is 117 Å². The summed E-state index contributed by atoms with van der Waals surface area (Å²) < 4.78 is 0. The van der Waals surface area contributed by atoms with Crippen molar-refractivity contribution >= 4 is 27.8 Å². The van der Waals surface area contributed by atoms with Crippen LogP contribution in [0, 0.1) is 13.8 Å². The van der Waals surface area contributed by atoms with Gasteiger partial charge in [-0.25, -0.2) is 0 Å². The third-order valence-electron chi connectivity index (χ3n) is 5.59. The van der Waals surface area contributed by atoms with E-state index in [0.29, 0.717) is 0 Å². The zero-order valence-electron chi connectivity index (χ0n) is 18.1. The van der Waals surface area contributed by atoms with Gasteiger partial charge in [-0.05, 0) is 36.1 Å². The first kappa shape index (κ1) is 23.1. The van der Waals surface area contributed by atoms with Crippen LogP contribution in [0.25, 0.3) is 44.2 Å². The maximum atomic E-state index is 4.93. The minimum absolute atomic E-state index is 0.826. The Balaban J connectivity index is 0.000000775. The van der Waals surface area contributed by atoms with Crippen LogP contribution >= 0.6 is 17.0 Å². The molecule has 0 heterocycles. The maximum absolute atomic E-state index is 4.93. The van der Waals surface area contributed by atoms with Crippen molar-refractivity contribution in [3.05, 3.63) is 114 Å². The van der Waals surface area contributed by atoms with Crippen LogP contribution in [-0.2, 0) is 20.8 Å². The normalized spacial score (nSPS) is 10.5. The molecule has 0 unspecified atom stereocenters. The molecule has 0 N–H and O–H groups in total. The van der Waals surface area contributed by atoms with Gasteiger partial charge in [-0.2, -0.15) is 0 Å². The zero-order chi connectivity index (χ0) is 22.5. The fraction of sp³-hybridized carbons (Fsp3) is 0.0690. The van der Waals surface area contributed by atoms with E-state index < -0.39 is 20.8 Å². The average molecular weight is 534 g/mol. The van der Waals surface area contributed by atoms with Crippen molar-refractivity contribution < 1.29 is 20.8 Å². The van der Waals surface area contributed by atoms with E-state index >= 15 is 0 Å². The van der Waals surface area contributed by atoms with Gasteiger partial charge in [-0.1, -0.05) is 102 Å². The predicted octanol–water partition coefficient (Wildman–Crippen LogP) is 9.55. The molecule has 0 aliphatic rings. The summed E-state index contributed by atoms with van der Waals surface area (Å²) in [4.78, 5) is 0. The Morgan fingerprint density at radius 1 is 0.625 bits per heavy atom. The molecule has 0 radical (unpaired) electrons. The molecule has 0 saturated carbocycles. The molecular weight excluding hydrogens is 510 g/mol. The fourth-order valence-corrected chi connectivity index (χ4v) is 4.37. The van der Waals surface area contributed by atoms with Gasteiger partial charge in [0.1, 0.15) is 0 Å². The molecule has 5 rings (SSSR count). The van der Waals surface area contributed by atoms with E-state index in [4.69, 9.17) is 17.0 Å². The Morgan fingerprint density at radius 3 is 1.78 bits per heavy atom. The molecule has 0 amide bonds. The third-order valence-corrected chi connectivity index (χ3v) is 5.59. The van der Waals surface area contributed by atoms with Crippen LogP contribution in [0.4, 0.5) is 0 Å². The molecule has 0 aliphatic heterocycles. The Bertz CT molecular complexity index is 1300. The second-order valence-electron chi connectivity index (χ2n) is 7.91. The molecule has 0 fully saturated rings.